The van der Waals surface area contributed by atoms with E-state index in [0.29, 0.717) is 10.0 Å². The number of carbonyl (C=O) groups is 1. The monoisotopic (exact) mass is 343 g/mol. The van der Waals surface area contributed by atoms with Crippen LogP contribution in [-0.2, 0) is 0 Å². The summed E-state index contributed by atoms with van der Waals surface area (Å²) in [6.45, 7) is 1.81. The van der Waals surface area contributed by atoms with E-state index in [1.165, 1.54) is 12.3 Å². The first-order valence-electron chi connectivity index (χ1n) is 6.05. The van der Waals surface area contributed by atoms with Gasteiger partial charge in [-0.25, -0.2) is 4.98 Å². The zero-order chi connectivity index (χ0) is 15.6. The SMILES string of the molecule is CC(NC(=O)c1cc(N)ncc1Cl)c1ccc(Cl)cc1Cl. The van der Waals surface area contributed by atoms with Crippen molar-refractivity contribution in [3.63, 3.8) is 0 Å². The van der Waals surface area contributed by atoms with E-state index in [1.807, 2.05) is 6.92 Å². The maximum atomic E-state index is 12.2. The van der Waals surface area contributed by atoms with E-state index in [-0.39, 0.29) is 28.4 Å². The Labute approximate surface area is 137 Å². The second-order valence-electron chi connectivity index (χ2n) is 4.45. The second-order valence-corrected chi connectivity index (χ2v) is 5.70. The van der Waals surface area contributed by atoms with Crippen LogP contribution >= 0.6 is 34.8 Å². The summed E-state index contributed by atoms with van der Waals surface area (Å²) < 4.78 is 0. The van der Waals surface area contributed by atoms with Crippen molar-refractivity contribution in [2.45, 2.75) is 13.0 Å². The van der Waals surface area contributed by atoms with Gasteiger partial charge < -0.3 is 11.1 Å². The molecule has 1 amide bonds. The van der Waals surface area contributed by atoms with Gasteiger partial charge in [-0.05, 0) is 30.7 Å². The smallest absolute Gasteiger partial charge is 0.253 e. The third-order valence-electron chi connectivity index (χ3n) is 2.90. The van der Waals surface area contributed by atoms with Gasteiger partial charge >= 0.3 is 0 Å². The van der Waals surface area contributed by atoms with Gasteiger partial charge in [0.1, 0.15) is 5.82 Å². The molecule has 0 bridgehead atoms. The van der Waals surface area contributed by atoms with Gasteiger partial charge in [0.15, 0.2) is 0 Å². The Morgan fingerprint density at radius 3 is 2.62 bits per heavy atom. The molecule has 0 saturated heterocycles. The Kier molecular flexibility index (Phi) is 4.93. The summed E-state index contributed by atoms with van der Waals surface area (Å²) in [5, 5.41) is 4.06. The van der Waals surface area contributed by atoms with Gasteiger partial charge in [0, 0.05) is 16.2 Å². The number of hydrogen-bond donors (Lipinski definition) is 2. The number of benzene rings is 1. The van der Waals surface area contributed by atoms with Crippen molar-refractivity contribution in [1.29, 1.82) is 0 Å². The number of nitrogens with two attached hydrogens (primary N) is 1. The lowest BCUT2D eigenvalue weighted by molar-refractivity contribution is 0.0940. The summed E-state index contributed by atoms with van der Waals surface area (Å²) in [5.41, 5.74) is 6.58. The molecule has 110 valence electrons. The molecule has 0 aliphatic carbocycles. The summed E-state index contributed by atoms with van der Waals surface area (Å²) in [5.74, 6) is -0.130. The molecule has 0 aliphatic heterocycles. The summed E-state index contributed by atoms with van der Waals surface area (Å²) >= 11 is 17.9. The molecule has 21 heavy (non-hydrogen) atoms. The number of anilines is 1. The Hall–Kier alpha value is -1.49. The van der Waals surface area contributed by atoms with Crippen molar-refractivity contribution in [2.75, 3.05) is 5.73 Å². The van der Waals surface area contributed by atoms with E-state index in [1.54, 1.807) is 18.2 Å². The van der Waals surface area contributed by atoms with Crippen LogP contribution in [0.4, 0.5) is 5.82 Å². The van der Waals surface area contributed by atoms with Crippen LogP contribution in [0.25, 0.3) is 0 Å². The lowest BCUT2D eigenvalue weighted by atomic mass is 10.1. The second kappa shape index (κ2) is 6.52. The first kappa shape index (κ1) is 15.9. The largest absolute Gasteiger partial charge is 0.384 e. The fourth-order valence-corrected chi connectivity index (χ4v) is 2.59. The average molecular weight is 345 g/mol. The van der Waals surface area contributed by atoms with Crippen molar-refractivity contribution in [3.8, 4) is 0 Å². The number of nitrogen functional groups attached to an aromatic ring is 1. The highest BCUT2D eigenvalue weighted by Crippen LogP contribution is 2.26. The molecule has 2 rings (SSSR count). The quantitative estimate of drug-likeness (QED) is 0.880. The molecule has 1 aromatic carbocycles. The van der Waals surface area contributed by atoms with Gasteiger partial charge in [-0.3, -0.25) is 4.79 Å². The Bertz CT molecular complexity index is 691. The first-order valence-corrected chi connectivity index (χ1v) is 7.18. The molecule has 0 spiro atoms. The molecule has 0 saturated carbocycles. The lowest BCUT2D eigenvalue weighted by Gasteiger charge is -2.16. The Balaban J connectivity index is 2.20. The highest BCUT2D eigenvalue weighted by molar-refractivity contribution is 6.35. The zero-order valence-electron chi connectivity index (χ0n) is 11.0. The van der Waals surface area contributed by atoms with Gasteiger partial charge in [-0.15, -0.1) is 0 Å². The number of aromatic nitrogens is 1. The maximum absolute atomic E-state index is 12.2. The molecule has 4 nitrogen and oxygen atoms in total. The Morgan fingerprint density at radius 1 is 1.24 bits per heavy atom. The highest BCUT2D eigenvalue weighted by atomic mass is 35.5. The molecule has 1 unspecified atom stereocenters. The van der Waals surface area contributed by atoms with Crippen molar-refractivity contribution >= 4 is 46.5 Å². The maximum Gasteiger partial charge on any atom is 0.253 e. The molecule has 2 aromatic rings. The van der Waals surface area contributed by atoms with Gasteiger partial charge in [-0.1, -0.05) is 40.9 Å². The van der Waals surface area contributed by atoms with E-state index in [2.05, 4.69) is 10.3 Å². The number of carbonyl (C=O) groups excluding carboxylic acids is 1. The minimum atomic E-state index is -0.354. The van der Waals surface area contributed by atoms with Gasteiger partial charge in [-0.2, -0.15) is 0 Å². The molecule has 1 heterocycles. The van der Waals surface area contributed by atoms with Crippen molar-refractivity contribution in [1.82, 2.24) is 10.3 Å². The van der Waals surface area contributed by atoms with Crippen molar-refractivity contribution < 1.29 is 4.79 Å². The van der Waals surface area contributed by atoms with Crippen molar-refractivity contribution in [2.24, 2.45) is 0 Å². The summed E-state index contributed by atoms with van der Waals surface area (Å²) in [6, 6.07) is 6.21. The number of hydrogen-bond acceptors (Lipinski definition) is 3. The lowest BCUT2D eigenvalue weighted by Crippen LogP contribution is -2.27. The van der Waals surface area contributed by atoms with Gasteiger partial charge in [0.05, 0.1) is 16.6 Å². The van der Waals surface area contributed by atoms with Crippen LogP contribution in [-0.4, -0.2) is 10.9 Å². The molecule has 0 fully saturated rings. The number of amides is 1. The molecule has 3 N–H and O–H groups in total. The van der Waals surface area contributed by atoms with Crippen LogP contribution < -0.4 is 11.1 Å². The molecule has 7 heteroatoms. The third kappa shape index (κ3) is 3.79. The van der Waals surface area contributed by atoms with Crippen LogP contribution in [0.2, 0.25) is 15.1 Å². The van der Waals surface area contributed by atoms with E-state index < -0.39 is 0 Å². The van der Waals surface area contributed by atoms with Crippen LogP contribution in [0.3, 0.4) is 0 Å². The minimum Gasteiger partial charge on any atom is -0.384 e. The first-order chi connectivity index (χ1) is 9.88. The normalized spacial score (nSPS) is 12.0. The molecule has 1 atom stereocenters. The number of halogens is 3. The van der Waals surface area contributed by atoms with Crippen LogP contribution in [0.15, 0.2) is 30.5 Å². The van der Waals surface area contributed by atoms with Crippen LogP contribution in [0.5, 0.6) is 0 Å². The number of nitrogens with zero attached hydrogens (tertiary/aromatic N) is 1. The summed E-state index contributed by atoms with van der Waals surface area (Å²) in [4.78, 5) is 16.0. The standard InChI is InChI=1S/C14H12Cl3N3O/c1-7(9-3-2-8(15)4-11(9)16)20-14(21)10-5-13(18)19-6-12(10)17/h2-7H,1H3,(H2,18,19)(H,20,21). The van der Waals surface area contributed by atoms with Crippen LogP contribution in [0.1, 0.15) is 28.9 Å². The minimum absolute atomic E-state index is 0.224. The average Bonchev–Trinajstić information content (AvgIpc) is 2.41. The number of rotatable bonds is 3. The fourth-order valence-electron chi connectivity index (χ4n) is 1.83. The predicted molar refractivity (Wildman–Crippen MR) is 86.0 cm³/mol. The van der Waals surface area contributed by atoms with E-state index in [9.17, 15) is 4.79 Å². The third-order valence-corrected chi connectivity index (χ3v) is 3.76. The molecular formula is C14H12Cl3N3O. The van der Waals surface area contributed by atoms with Crippen molar-refractivity contribution in [3.05, 3.63) is 56.7 Å². The van der Waals surface area contributed by atoms with E-state index >= 15 is 0 Å². The van der Waals surface area contributed by atoms with Gasteiger partial charge in [0.25, 0.3) is 5.91 Å². The number of pyridine rings is 1. The summed E-state index contributed by atoms with van der Waals surface area (Å²) in [6.07, 6.45) is 1.34. The zero-order valence-corrected chi connectivity index (χ0v) is 13.3. The Morgan fingerprint density at radius 2 is 1.95 bits per heavy atom. The predicted octanol–water partition coefficient (Wildman–Crippen LogP) is 4.12. The molecular weight excluding hydrogens is 333 g/mol. The molecule has 0 aliphatic rings. The topological polar surface area (TPSA) is 68.0 Å². The van der Waals surface area contributed by atoms with E-state index in [4.69, 9.17) is 40.5 Å². The van der Waals surface area contributed by atoms with Gasteiger partial charge in [0.2, 0.25) is 0 Å². The molecule has 0 radical (unpaired) electrons. The highest BCUT2D eigenvalue weighted by Gasteiger charge is 2.16. The number of nitrogens with one attached hydrogen (secondary N) is 1. The summed E-state index contributed by atoms with van der Waals surface area (Å²) in [7, 11) is 0. The van der Waals surface area contributed by atoms with Crippen LogP contribution in [0, 0.1) is 0 Å². The molecule has 1 aromatic heterocycles. The fraction of sp³-hybridized carbons (Fsp3) is 0.143. The van der Waals surface area contributed by atoms with E-state index in [0.717, 1.165) is 5.56 Å².